The number of carbonyl (C=O) groups is 8. The van der Waals surface area contributed by atoms with Crippen molar-refractivity contribution < 1.29 is 102 Å². The number of nitrogens with one attached hydrogen (secondary N) is 4. The van der Waals surface area contributed by atoms with E-state index in [4.69, 9.17) is 58.7 Å². The normalized spacial score (nSPS) is 19.9. The molecule has 11 aromatic carbocycles. The molecule has 0 aromatic heterocycles. The lowest BCUT2D eigenvalue weighted by Gasteiger charge is -2.16. The number of amides is 4. The minimum absolute atomic E-state index is 0.0680. The number of benzene rings is 11. The highest BCUT2D eigenvalue weighted by Gasteiger charge is 2.68. The van der Waals surface area contributed by atoms with Crippen molar-refractivity contribution in [2.24, 2.45) is 34.5 Å². The zero-order chi connectivity index (χ0) is 83.9. The van der Waals surface area contributed by atoms with Gasteiger partial charge in [0.2, 0.25) is 23.6 Å². The van der Waals surface area contributed by atoms with E-state index in [0.29, 0.717) is 72.8 Å². The van der Waals surface area contributed by atoms with Crippen molar-refractivity contribution in [2.75, 3.05) is 41.7 Å². The van der Waals surface area contributed by atoms with E-state index in [1.54, 1.807) is 89.5 Å². The summed E-state index contributed by atoms with van der Waals surface area (Å²) in [5, 5.41) is 53.8. The van der Waals surface area contributed by atoms with Crippen molar-refractivity contribution in [1.29, 1.82) is 0 Å². The Labute approximate surface area is 677 Å². The minimum Gasteiger partial charge on any atom is -0.493 e. The molecule has 0 saturated heterocycles. The number of hydrogen-bond donors (Lipinski definition) is 8. The molecule has 0 unspecified atom stereocenters. The fourth-order valence-corrected chi connectivity index (χ4v) is 15.5. The van der Waals surface area contributed by atoms with E-state index in [1.165, 1.54) is 67.2 Å². The second-order valence-corrected chi connectivity index (χ2v) is 29.3. The van der Waals surface area contributed by atoms with Crippen molar-refractivity contribution in [3.8, 4) is 34.5 Å². The molecule has 27 nitrogen and oxygen atoms in total. The predicted molar refractivity (Wildman–Crippen MR) is 430 cm³/mol. The summed E-state index contributed by atoms with van der Waals surface area (Å²) in [6.45, 7) is 2.74. The average Bonchev–Trinajstić information content (AvgIpc) is 1.55. The molecule has 15 rings (SSSR count). The van der Waals surface area contributed by atoms with E-state index in [1.807, 2.05) is 115 Å². The van der Waals surface area contributed by atoms with E-state index >= 15 is 0 Å². The van der Waals surface area contributed by atoms with Gasteiger partial charge in [0.1, 0.15) is 45.3 Å². The van der Waals surface area contributed by atoms with Crippen LogP contribution in [-0.4, -0.2) is 115 Å². The minimum atomic E-state index is -1.21. The number of nitrogens with zero attached hydrogens (tertiary/aromatic N) is 1. The van der Waals surface area contributed by atoms with Crippen LogP contribution in [0.1, 0.15) is 64.6 Å². The molecular formula is C91H87N5O22. The van der Waals surface area contributed by atoms with E-state index < -0.39 is 97.8 Å². The van der Waals surface area contributed by atoms with Crippen LogP contribution in [0.2, 0.25) is 0 Å². The Bertz CT molecular complexity index is 5560. The Morgan fingerprint density at radius 2 is 0.763 bits per heavy atom. The Morgan fingerprint density at radius 3 is 1.24 bits per heavy atom. The van der Waals surface area contributed by atoms with Gasteiger partial charge in [-0.3, -0.25) is 69.3 Å². The first-order chi connectivity index (χ1) is 57.0. The Balaban J connectivity index is 0.000000145. The second-order valence-electron chi connectivity index (χ2n) is 29.3. The van der Waals surface area contributed by atoms with Gasteiger partial charge in [0, 0.05) is 18.4 Å². The molecule has 0 radical (unpaired) electrons. The van der Waals surface area contributed by atoms with Gasteiger partial charge < -0.3 is 37.9 Å². The highest BCUT2D eigenvalue weighted by Crippen LogP contribution is 2.59. The summed E-state index contributed by atoms with van der Waals surface area (Å²) in [7, 11) is 5.12. The van der Waals surface area contributed by atoms with Crippen LogP contribution >= 0.6 is 0 Å². The molecule has 0 spiro atoms. The molecule has 4 saturated carbocycles. The van der Waals surface area contributed by atoms with Crippen LogP contribution in [-0.2, 0) is 93.8 Å². The summed E-state index contributed by atoms with van der Waals surface area (Å²) >= 11 is 0. The van der Waals surface area contributed by atoms with Gasteiger partial charge in [0.25, 0.3) is 5.69 Å². The van der Waals surface area contributed by atoms with Gasteiger partial charge >= 0.3 is 23.9 Å². The molecule has 27 heteroatoms. The Kier molecular flexibility index (Phi) is 26.2. The van der Waals surface area contributed by atoms with Crippen molar-refractivity contribution in [3.63, 3.8) is 0 Å². The molecule has 4 aliphatic carbocycles. The van der Waals surface area contributed by atoms with Crippen LogP contribution < -0.4 is 40.9 Å². The number of rotatable bonds is 27. The number of fused-ring (bicyclic) bond motifs is 3. The second kappa shape index (κ2) is 36.9. The fourth-order valence-electron chi connectivity index (χ4n) is 15.5. The third-order valence-electron chi connectivity index (χ3n) is 22.2. The number of methoxy groups -OCH3 is 4. The van der Waals surface area contributed by atoms with Gasteiger partial charge in [-0.25, -0.2) is 21.9 Å². The number of hydrogen-bond acceptors (Lipinski definition) is 22. The summed E-state index contributed by atoms with van der Waals surface area (Å²) in [5.74, 6) is -3.65. The molecule has 0 aliphatic heterocycles. The van der Waals surface area contributed by atoms with Gasteiger partial charge in [0.05, 0.1) is 87.1 Å². The molecule has 4 aliphatic rings. The van der Waals surface area contributed by atoms with Gasteiger partial charge in [-0.2, -0.15) is 0 Å². The lowest BCUT2D eigenvalue weighted by Crippen LogP contribution is -2.31. The van der Waals surface area contributed by atoms with E-state index in [0.717, 1.165) is 46.2 Å². The zero-order valence-corrected chi connectivity index (χ0v) is 65.1. The standard InChI is InChI=1S/2C25H25NO5.C22H19NO5.C19H18N2O7/c1-30-24(28)25(16-22(25)23(27)26-29)15-17-9-11-20(12-10-17)31-14-13-19-7-4-6-18-5-2-3-8-21(18)19;1-30-24(28)25(16-22(25)23(27)26-29)15-18-7-10-21(11-8-18)31-13-12-17-6-9-19-4-2-3-5-20(19)14-17;1-27-21(25)22(13-19(22)20(24)23-26)16-7-4-8-17(12-16)28-18-10-9-14-5-2-3-6-15(14)11-18;1-11-6-7-14(9-16(11)21(25)26)28-13-5-3-4-12(8-13)19(18(23)27-2)10-15(19)17(22)20-24/h2-12,22,29H,13-16H2,1H3,(H,26,27);2-11,14,22,29H,12-13,15-16H2,1H3,(H,26,27);2-12,19,26H,13H2,1H3,(H,23,24);3-9,15,24H,10H2,1-2H3,(H,20,22)/t2*22-,25+;19-,22-;15-,19-/m1100/s1. The summed E-state index contributed by atoms with van der Waals surface area (Å²) in [4.78, 5) is 107. The van der Waals surface area contributed by atoms with Gasteiger partial charge in [0.15, 0.2) is 0 Å². The zero-order valence-electron chi connectivity index (χ0n) is 65.1. The summed E-state index contributed by atoms with van der Waals surface area (Å²) < 4.78 is 43.1. The van der Waals surface area contributed by atoms with Crippen LogP contribution in [0.15, 0.2) is 243 Å². The highest BCUT2D eigenvalue weighted by atomic mass is 16.6. The molecule has 118 heavy (non-hydrogen) atoms. The third kappa shape index (κ3) is 18.5. The topological polar surface area (TPSA) is 383 Å². The largest absolute Gasteiger partial charge is 0.493 e. The number of nitro benzene ring substituents is 1. The maximum atomic E-state index is 12.4. The first kappa shape index (κ1) is 83.8. The van der Waals surface area contributed by atoms with Crippen LogP contribution in [0, 0.1) is 51.5 Å². The Hall–Kier alpha value is -13.6. The molecule has 8 atom stereocenters. The number of carbonyl (C=O) groups excluding carboxylic acids is 8. The predicted octanol–water partition coefficient (Wildman–Crippen LogP) is 13.6. The molecule has 4 amide bonds. The third-order valence-corrected chi connectivity index (χ3v) is 22.2. The average molecular weight is 1600 g/mol. The number of hydroxylamine groups is 4. The maximum absolute atomic E-state index is 12.4. The maximum Gasteiger partial charge on any atom is 0.317 e. The molecule has 0 heterocycles. The monoisotopic (exact) mass is 1600 g/mol. The van der Waals surface area contributed by atoms with Gasteiger partial charge in [-0.05, 0) is 184 Å². The van der Waals surface area contributed by atoms with Crippen molar-refractivity contribution in [2.45, 2.75) is 69.1 Å². The first-order valence-electron chi connectivity index (χ1n) is 37.8. The fraction of sp³-hybridized carbons (Fsp3) is 0.253. The number of ether oxygens (including phenoxy) is 8. The summed E-state index contributed by atoms with van der Waals surface area (Å²) in [5.41, 5.74) is 8.13. The quantitative estimate of drug-likeness (QED) is 0.00779. The van der Waals surface area contributed by atoms with Crippen molar-refractivity contribution >= 4 is 85.5 Å². The lowest BCUT2D eigenvalue weighted by molar-refractivity contribution is -0.385. The molecule has 608 valence electrons. The molecule has 11 aromatic rings. The van der Waals surface area contributed by atoms with E-state index in [2.05, 4.69) is 60.7 Å². The van der Waals surface area contributed by atoms with E-state index in [9.17, 15) is 48.5 Å². The number of nitro groups is 1. The van der Waals surface area contributed by atoms with Crippen molar-refractivity contribution in [1.82, 2.24) is 21.9 Å². The molecule has 8 N–H and O–H groups in total. The van der Waals surface area contributed by atoms with Crippen LogP contribution in [0.5, 0.6) is 34.5 Å². The van der Waals surface area contributed by atoms with Crippen LogP contribution in [0.25, 0.3) is 32.3 Å². The van der Waals surface area contributed by atoms with Gasteiger partial charge in [-0.15, -0.1) is 0 Å². The van der Waals surface area contributed by atoms with Crippen molar-refractivity contribution in [3.05, 3.63) is 292 Å². The van der Waals surface area contributed by atoms with E-state index in [-0.39, 0.29) is 24.3 Å². The first-order valence-corrected chi connectivity index (χ1v) is 37.8. The SMILES string of the molecule is COC(=O)[C@@]1(Cc2ccc(OCCc3ccc4ccccc4c3)cc2)C[C@@H]1C(=O)NO.COC(=O)[C@@]1(Cc2ccc(OCCc3cccc4ccccc34)cc2)C[C@@H]1C(=O)NO.COC(=O)[C@]1(c2cccc(Oc3ccc(C)c([N+](=O)[O-])c3)c2)C[C@H]1C(=O)NO.COC(=O)[C@]1(c2cccc(Oc3ccc4ccccc4c3)c2)C[C@H]1C(=O)NO. The summed E-state index contributed by atoms with van der Waals surface area (Å²) in [6.07, 6.45) is 3.51. The number of esters is 4. The number of aryl methyl sites for hydroxylation is 1. The smallest absolute Gasteiger partial charge is 0.317 e. The van der Waals surface area contributed by atoms with Gasteiger partial charge in [-0.1, -0.05) is 164 Å². The molecular weight excluding hydrogens is 1520 g/mol. The molecule has 0 bridgehead atoms. The lowest BCUT2D eigenvalue weighted by atomic mass is 9.92. The Morgan fingerprint density at radius 1 is 0.381 bits per heavy atom. The van der Waals surface area contributed by atoms with Crippen LogP contribution in [0.3, 0.4) is 0 Å². The molecule has 4 fully saturated rings. The summed E-state index contributed by atoms with van der Waals surface area (Å²) in [6, 6.07) is 76.2. The van der Waals surface area contributed by atoms with Crippen LogP contribution in [0.4, 0.5) is 5.69 Å². The highest BCUT2D eigenvalue weighted by molar-refractivity contribution is 6.00.